The molecule has 0 spiro atoms. The first-order valence-corrected chi connectivity index (χ1v) is 5.85. The van der Waals surface area contributed by atoms with Gasteiger partial charge in [0.05, 0.1) is 5.56 Å². The monoisotopic (exact) mass is 281 g/mol. The fraction of sp³-hybridized carbons (Fsp3) is 0. The highest BCUT2D eigenvalue weighted by Crippen LogP contribution is 2.33. The van der Waals surface area contributed by atoms with Gasteiger partial charge < -0.3 is 10.8 Å². The lowest BCUT2D eigenvalue weighted by Crippen LogP contribution is -1.98. The molecule has 0 saturated carbocycles. The minimum atomic E-state index is -0.928. The molecule has 0 aromatic heterocycles. The lowest BCUT2D eigenvalue weighted by molar-refractivity contribution is 0.0693. The van der Waals surface area contributed by atoms with Gasteiger partial charge in [0.1, 0.15) is 0 Å². The molecule has 0 fully saturated rings. The third kappa shape index (κ3) is 3.18. The third-order valence-electron chi connectivity index (χ3n) is 2.26. The molecule has 0 aliphatic rings. The molecule has 5 heteroatoms. The summed E-state index contributed by atoms with van der Waals surface area (Å²) in [7, 11) is 0. The lowest BCUT2D eigenvalue weighted by atomic mass is 10.2. The zero-order chi connectivity index (χ0) is 12.3. The number of rotatable bonds is 3. The van der Waals surface area contributed by atoms with E-state index in [0.717, 1.165) is 4.90 Å². The highest BCUT2D eigenvalue weighted by Gasteiger charge is 2.10. The van der Waals surface area contributed by atoms with Gasteiger partial charge in [-0.3, -0.25) is 0 Å². The molecule has 0 aliphatic heterocycles. The van der Waals surface area contributed by atoms with Crippen LogP contribution in [0.2, 0.25) is 0 Å². The molecule has 3 N–H and O–H groups in total. The van der Waals surface area contributed by atoms with Gasteiger partial charge in [-0.1, -0.05) is 36.0 Å². The second kappa shape index (κ2) is 6.33. The molecule has 0 atom stereocenters. The van der Waals surface area contributed by atoms with Crippen LogP contribution in [-0.4, -0.2) is 11.1 Å². The number of aromatic carboxylic acids is 1. The maximum absolute atomic E-state index is 11.1. The van der Waals surface area contributed by atoms with Crippen molar-refractivity contribution in [2.24, 2.45) is 0 Å². The van der Waals surface area contributed by atoms with Crippen molar-refractivity contribution < 1.29 is 9.90 Å². The van der Waals surface area contributed by atoms with Crippen molar-refractivity contribution in [3.8, 4) is 0 Å². The van der Waals surface area contributed by atoms with E-state index in [1.165, 1.54) is 11.8 Å². The Labute approximate surface area is 115 Å². The first-order valence-electron chi connectivity index (χ1n) is 5.03. The Morgan fingerprint density at radius 3 is 2.17 bits per heavy atom. The molecule has 94 valence electrons. The van der Waals surface area contributed by atoms with E-state index in [1.54, 1.807) is 24.3 Å². The van der Waals surface area contributed by atoms with Crippen molar-refractivity contribution >= 4 is 35.8 Å². The van der Waals surface area contributed by atoms with Crippen LogP contribution in [0.4, 0.5) is 5.69 Å². The van der Waals surface area contributed by atoms with Gasteiger partial charge in [-0.15, -0.1) is 12.4 Å². The van der Waals surface area contributed by atoms with Crippen molar-refractivity contribution in [3.05, 3.63) is 54.1 Å². The van der Waals surface area contributed by atoms with Crippen LogP contribution in [0.15, 0.2) is 58.3 Å². The summed E-state index contributed by atoms with van der Waals surface area (Å²) in [5, 5.41) is 9.07. The van der Waals surface area contributed by atoms with Gasteiger partial charge in [-0.05, 0) is 24.3 Å². The van der Waals surface area contributed by atoms with Gasteiger partial charge in [0.15, 0.2) is 0 Å². The summed E-state index contributed by atoms with van der Waals surface area (Å²) in [6.07, 6.45) is 0. The summed E-state index contributed by atoms with van der Waals surface area (Å²) in [4.78, 5) is 12.6. The number of hydrogen-bond donors (Lipinski definition) is 2. The predicted octanol–water partition coefficient (Wildman–Crippen LogP) is 3.54. The van der Waals surface area contributed by atoms with Crippen LogP contribution < -0.4 is 5.73 Å². The van der Waals surface area contributed by atoms with E-state index in [1.807, 2.05) is 24.3 Å². The van der Waals surface area contributed by atoms with E-state index in [-0.39, 0.29) is 12.4 Å². The number of carboxylic acid groups (broad SMARTS) is 1. The summed E-state index contributed by atoms with van der Waals surface area (Å²) in [5.74, 6) is -0.928. The molecule has 18 heavy (non-hydrogen) atoms. The molecule has 0 saturated heterocycles. The highest BCUT2D eigenvalue weighted by atomic mass is 35.5. The van der Waals surface area contributed by atoms with E-state index in [2.05, 4.69) is 0 Å². The average molecular weight is 282 g/mol. The number of benzene rings is 2. The zero-order valence-corrected chi connectivity index (χ0v) is 11.0. The van der Waals surface area contributed by atoms with Gasteiger partial charge in [0.2, 0.25) is 0 Å². The fourth-order valence-electron chi connectivity index (χ4n) is 1.42. The van der Waals surface area contributed by atoms with Crippen molar-refractivity contribution in [1.82, 2.24) is 0 Å². The number of para-hydroxylation sites is 1. The van der Waals surface area contributed by atoms with Crippen LogP contribution in [0.5, 0.6) is 0 Å². The summed E-state index contributed by atoms with van der Waals surface area (Å²) < 4.78 is 0. The fourth-order valence-corrected chi connectivity index (χ4v) is 2.41. The molecule has 0 radical (unpaired) electrons. The maximum atomic E-state index is 11.1. The number of carbonyl (C=O) groups is 1. The van der Waals surface area contributed by atoms with Crippen LogP contribution >= 0.6 is 24.2 Å². The van der Waals surface area contributed by atoms with E-state index < -0.39 is 5.97 Å². The topological polar surface area (TPSA) is 63.3 Å². The van der Waals surface area contributed by atoms with E-state index in [4.69, 9.17) is 10.8 Å². The van der Waals surface area contributed by atoms with Gasteiger partial charge in [0, 0.05) is 15.5 Å². The summed E-state index contributed by atoms with van der Waals surface area (Å²) in [5.41, 5.74) is 6.77. The summed E-state index contributed by atoms with van der Waals surface area (Å²) >= 11 is 1.36. The van der Waals surface area contributed by atoms with Crippen molar-refractivity contribution in [3.63, 3.8) is 0 Å². The Morgan fingerprint density at radius 2 is 1.56 bits per heavy atom. The molecular formula is C13H12ClNO2S. The quantitative estimate of drug-likeness (QED) is 0.845. The Balaban J connectivity index is 0.00000162. The molecule has 0 unspecified atom stereocenters. The van der Waals surface area contributed by atoms with E-state index >= 15 is 0 Å². The molecule has 0 bridgehead atoms. The Morgan fingerprint density at radius 1 is 1.00 bits per heavy atom. The van der Waals surface area contributed by atoms with Crippen LogP contribution in [0.25, 0.3) is 0 Å². The van der Waals surface area contributed by atoms with Crippen LogP contribution in [0.3, 0.4) is 0 Å². The number of nitrogen functional groups attached to an aromatic ring is 1. The molecule has 2 aromatic rings. The molecule has 2 aromatic carbocycles. The van der Waals surface area contributed by atoms with Gasteiger partial charge in [-0.25, -0.2) is 4.79 Å². The standard InChI is InChI=1S/C13H11NO2S.ClH/c14-10-6-2-4-8-12(10)17-11-7-3-1-5-9(11)13(15)16;/h1-8H,14H2,(H,15,16);1H. The lowest BCUT2D eigenvalue weighted by Gasteiger charge is -2.07. The largest absolute Gasteiger partial charge is 0.478 e. The molecule has 0 heterocycles. The minimum Gasteiger partial charge on any atom is -0.478 e. The van der Waals surface area contributed by atoms with Crippen LogP contribution in [-0.2, 0) is 0 Å². The number of nitrogens with two attached hydrogens (primary N) is 1. The van der Waals surface area contributed by atoms with Gasteiger partial charge in [-0.2, -0.15) is 0 Å². The molecule has 0 amide bonds. The Kier molecular flexibility index (Phi) is 5.07. The molecular weight excluding hydrogens is 270 g/mol. The van der Waals surface area contributed by atoms with E-state index in [9.17, 15) is 4.79 Å². The molecule has 0 aliphatic carbocycles. The SMILES string of the molecule is Cl.Nc1ccccc1Sc1ccccc1C(=O)O. The van der Waals surface area contributed by atoms with Crippen molar-refractivity contribution in [2.75, 3.05) is 5.73 Å². The number of halogens is 1. The normalized spacial score (nSPS) is 9.56. The first kappa shape index (κ1) is 14.4. The molecule has 2 rings (SSSR count). The number of anilines is 1. The zero-order valence-electron chi connectivity index (χ0n) is 9.37. The van der Waals surface area contributed by atoms with Crippen molar-refractivity contribution in [2.45, 2.75) is 9.79 Å². The number of carboxylic acids is 1. The highest BCUT2D eigenvalue weighted by molar-refractivity contribution is 7.99. The maximum Gasteiger partial charge on any atom is 0.336 e. The molecule has 3 nitrogen and oxygen atoms in total. The second-order valence-corrected chi connectivity index (χ2v) is 4.52. The van der Waals surface area contributed by atoms with Gasteiger partial charge >= 0.3 is 5.97 Å². The Hall–Kier alpha value is -1.65. The van der Waals surface area contributed by atoms with Crippen LogP contribution in [0, 0.1) is 0 Å². The average Bonchev–Trinajstić information content (AvgIpc) is 2.32. The smallest absolute Gasteiger partial charge is 0.336 e. The van der Waals surface area contributed by atoms with Gasteiger partial charge in [0.25, 0.3) is 0 Å². The third-order valence-corrected chi connectivity index (χ3v) is 3.42. The summed E-state index contributed by atoms with van der Waals surface area (Å²) in [6.45, 7) is 0. The predicted molar refractivity (Wildman–Crippen MR) is 75.6 cm³/mol. The van der Waals surface area contributed by atoms with E-state index in [0.29, 0.717) is 16.1 Å². The first-order chi connectivity index (χ1) is 8.18. The summed E-state index contributed by atoms with van der Waals surface area (Å²) in [6, 6.07) is 14.3. The van der Waals surface area contributed by atoms with Crippen molar-refractivity contribution in [1.29, 1.82) is 0 Å². The second-order valence-electron chi connectivity index (χ2n) is 3.44. The Bertz CT molecular complexity index is 560. The number of hydrogen-bond acceptors (Lipinski definition) is 3. The minimum absolute atomic E-state index is 0. The van der Waals surface area contributed by atoms with Crippen LogP contribution in [0.1, 0.15) is 10.4 Å².